The van der Waals surface area contributed by atoms with E-state index in [1.54, 1.807) is 0 Å². The number of sulfonamides is 1. The second-order valence-electron chi connectivity index (χ2n) is 3.58. The van der Waals surface area contributed by atoms with Crippen molar-refractivity contribution in [2.75, 3.05) is 13.6 Å². The molecule has 0 bridgehead atoms. The van der Waals surface area contributed by atoms with E-state index in [0.29, 0.717) is 0 Å². The summed E-state index contributed by atoms with van der Waals surface area (Å²) in [7, 11) is -2.48. The molecule has 0 saturated carbocycles. The molecule has 0 spiro atoms. The molecule has 1 N–H and O–H groups in total. The number of carboxylic acids is 1. The summed E-state index contributed by atoms with van der Waals surface area (Å²) in [5, 5.41) is 8.93. The van der Waals surface area contributed by atoms with Gasteiger partial charge in [0, 0.05) is 23.6 Å². The number of carboxylic acid groups (broad SMARTS) is 1. The summed E-state index contributed by atoms with van der Waals surface area (Å²) in [5.41, 5.74) is 0. The van der Waals surface area contributed by atoms with Gasteiger partial charge >= 0.3 is 5.97 Å². The number of carbonyl (C=O) groups is 1. The normalized spacial score (nSPS) is 11.8. The summed E-state index contributed by atoms with van der Waals surface area (Å²) >= 11 is 11.5. The van der Waals surface area contributed by atoms with E-state index in [-0.39, 0.29) is 27.9 Å². The zero-order valence-electron chi connectivity index (χ0n) is 9.43. The first kappa shape index (κ1) is 15.2. The fourth-order valence-electron chi connectivity index (χ4n) is 1.23. The summed E-state index contributed by atoms with van der Waals surface area (Å²) in [6, 6.07) is 3.94. The smallest absolute Gasteiger partial charge is 0.304 e. The van der Waals surface area contributed by atoms with Crippen LogP contribution in [0.3, 0.4) is 0 Å². The second-order valence-corrected chi connectivity index (χ2v) is 6.49. The van der Waals surface area contributed by atoms with Crippen molar-refractivity contribution in [3.8, 4) is 0 Å². The molecule has 0 fully saturated rings. The first-order valence-electron chi connectivity index (χ1n) is 4.87. The van der Waals surface area contributed by atoms with Crippen molar-refractivity contribution < 1.29 is 18.3 Å². The quantitative estimate of drug-likeness (QED) is 0.903. The Morgan fingerprint density at radius 2 is 1.78 bits per heavy atom. The average Bonchev–Trinajstić information content (AvgIpc) is 2.24. The molecule has 0 heterocycles. The fraction of sp³-hybridized carbons (Fsp3) is 0.300. The van der Waals surface area contributed by atoms with Gasteiger partial charge in [0.25, 0.3) is 0 Å². The molecular formula is C10H11Cl2NO4S. The van der Waals surface area contributed by atoms with Gasteiger partial charge in [-0.25, -0.2) is 12.7 Å². The zero-order valence-corrected chi connectivity index (χ0v) is 11.8. The lowest BCUT2D eigenvalue weighted by atomic mass is 10.4. The minimum atomic E-state index is -3.78. The summed E-state index contributed by atoms with van der Waals surface area (Å²) in [6.07, 6.45) is -0.274. The van der Waals surface area contributed by atoms with Crippen molar-refractivity contribution in [3.63, 3.8) is 0 Å². The number of rotatable bonds is 5. The standard InChI is InChI=1S/C10H11Cl2NO4S/c1-13(3-2-10(14)15)18(16,17)9-5-7(11)4-8(12)6-9/h4-6H,2-3H2,1H3,(H,14,15). The van der Waals surface area contributed by atoms with Crippen molar-refractivity contribution in [1.29, 1.82) is 0 Å². The minimum absolute atomic E-state index is 0.0621. The van der Waals surface area contributed by atoms with Gasteiger partial charge in [-0.1, -0.05) is 23.2 Å². The van der Waals surface area contributed by atoms with Crippen LogP contribution in [-0.4, -0.2) is 37.4 Å². The van der Waals surface area contributed by atoms with Crippen molar-refractivity contribution in [2.45, 2.75) is 11.3 Å². The van der Waals surface area contributed by atoms with Crippen LogP contribution in [-0.2, 0) is 14.8 Å². The largest absolute Gasteiger partial charge is 0.481 e. The Labute approximate surface area is 115 Å². The predicted molar refractivity (Wildman–Crippen MR) is 68.5 cm³/mol. The van der Waals surface area contributed by atoms with Gasteiger partial charge in [-0.3, -0.25) is 4.79 Å². The maximum atomic E-state index is 12.1. The Bertz CT molecular complexity index is 539. The van der Waals surface area contributed by atoms with Gasteiger partial charge in [-0.2, -0.15) is 0 Å². The summed E-state index contributed by atoms with van der Waals surface area (Å²) < 4.78 is 25.1. The molecular weight excluding hydrogens is 301 g/mol. The topological polar surface area (TPSA) is 74.7 Å². The third-order valence-electron chi connectivity index (χ3n) is 2.18. The number of hydrogen-bond acceptors (Lipinski definition) is 3. The Morgan fingerprint density at radius 1 is 1.28 bits per heavy atom. The molecule has 0 unspecified atom stereocenters. The summed E-state index contributed by atoms with van der Waals surface area (Å²) in [6.45, 7) is -0.123. The van der Waals surface area contributed by atoms with Crippen LogP contribution in [0.1, 0.15) is 6.42 Å². The molecule has 0 aromatic heterocycles. The van der Waals surface area contributed by atoms with Gasteiger partial charge in [0.05, 0.1) is 11.3 Å². The molecule has 0 atom stereocenters. The highest BCUT2D eigenvalue weighted by molar-refractivity contribution is 7.89. The molecule has 0 amide bonds. The van der Waals surface area contributed by atoms with Gasteiger partial charge in [0.1, 0.15) is 0 Å². The second kappa shape index (κ2) is 5.88. The van der Waals surface area contributed by atoms with Crippen molar-refractivity contribution in [2.24, 2.45) is 0 Å². The van der Waals surface area contributed by atoms with Crippen LogP contribution in [0.4, 0.5) is 0 Å². The number of hydrogen-bond donors (Lipinski definition) is 1. The highest BCUT2D eigenvalue weighted by Crippen LogP contribution is 2.24. The predicted octanol–water partition coefficient (Wildman–Crippen LogP) is 2.09. The van der Waals surface area contributed by atoms with Crippen LogP contribution in [0.5, 0.6) is 0 Å². The molecule has 5 nitrogen and oxygen atoms in total. The molecule has 0 aliphatic rings. The van der Waals surface area contributed by atoms with E-state index in [0.717, 1.165) is 4.31 Å². The highest BCUT2D eigenvalue weighted by Gasteiger charge is 2.22. The number of nitrogens with zero attached hydrogens (tertiary/aromatic N) is 1. The van der Waals surface area contributed by atoms with Crippen LogP contribution < -0.4 is 0 Å². The molecule has 0 radical (unpaired) electrons. The van der Waals surface area contributed by atoms with Gasteiger partial charge in [0.2, 0.25) is 10.0 Å². The third-order valence-corrected chi connectivity index (χ3v) is 4.46. The summed E-state index contributed by atoms with van der Waals surface area (Å²) in [4.78, 5) is 10.3. The van der Waals surface area contributed by atoms with E-state index in [2.05, 4.69) is 0 Å². The summed E-state index contributed by atoms with van der Waals surface area (Å²) in [5.74, 6) is -1.07. The minimum Gasteiger partial charge on any atom is -0.481 e. The molecule has 0 aliphatic heterocycles. The van der Waals surface area contributed by atoms with Crippen LogP contribution in [0.25, 0.3) is 0 Å². The Balaban J connectivity index is 3.01. The maximum Gasteiger partial charge on any atom is 0.304 e. The first-order valence-corrected chi connectivity index (χ1v) is 7.07. The SMILES string of the molecule is CN(CCC(=O)O)S(=O)(=O)c1cc(Cl)cc(Cl)c1. The van der Waals surface area contributed by atoms with Crippen molar-refractivity contribution in [1.82, 2.24) is 4.31 Å². The molecule has 0 saturated heterocycles. The van der Waals surface area contributed by atoms with Gasteiger partial charge in [0.15, 0.2) is 0 Å². The highest BCUT2D eigenvalue weighted by atomic mass is 35.5. The van der Waals surface area contributed by atoms with Crippen molar-refractivity contribution in [3.05, 3.63) is 28.2 Å². The van der Waals surface area contributed by atoms with Crippen LogP contribution in [0.2, 0.25) is 10.0 Å². The van der Waals surface area contributed by atoms with Crippen molar-refractivity contribution >= 4 is 39.2 Å². The zero-order chi connectivity index (χ0) is 13.9. The molecule has 0 aliphatic carbocycles. The van der Waals surface area contributed by atoms with Crippen LogP contribution in [0.15, 0.2) is 23.1 Å². The Kier molecular flexibility index (Phi) is 4.98. The van der Waals surface area contributed by atoms with Gasteiger partial charge < -0.3 is 5.11 Å². The van der Waals surface area contributed by atoms with Gasteiger partial charge in [-0.05, 0) is 18.2 Å². The van der Waals surface area contributed by atoms with E-state index in [4.69, 9.17) is 28.3 Å². The Morgan fingerprint density at radius 3 is 2.22 bits per heavy atom. The third kappa shape index (κ3) is 3.84. The average molecular weight is 312 g/mol. The molecule has 8 heteroatoms. The molecule has 1 rings (SSSR count). The van der Waals surface area contributed by atoms with E-state index in [1.807, 2.05) is 0 Å². The fourth-order valence-corrected chi connectivity index (χ4v) is 3.13. The van der Waals surface area contributed by atoms with E-state index >= 15 is 0 Å². The lowest BCUT2D eigenvalue weighted by molar-refractivity contribution is -0.137. The van der Waals surface area contributed by atoms with E-state index < -0.39 is 16.0 Å². The Hall–Kier alpha value is -0.820. The van der Waals surface area contributed by atoms with E-state index in [9.17, 15) is 13.2 Å². The monoisotopic (exact) mass is 311 g/mol. The number of halogens is 2. The number of aliphatic carboxylic acids is 1. The molecule has 18 heavy (non-hydrogen) atoms. The van der Waals surface area contributed by atoms with Gasteiger partial charge in [-0.15, -0.1) is 0 Å². The molecule has 1 aromatic rings. The van der Waals surface area contributed by atoms with E-state index in [1.165, 1.54) is 25.2 Å². The lowest BCUT2D eigenvalue weighted by Gasteiger charge is -2.16. The lowest BCUT2D eigenvalue weighted by Crippen LogP contribution is -2.29. The molecule has 100 valence electrons. The molecule has 1 aromatic carbocycles. The van der Waals surface area contributed by atoms with Crippen LogP contribution >= 0.6 is 23.2 Å². The number of benzene rings is 1. The maximum absolute atomic E-state index is 12.1. The first-order chi connectivity index (χ1) is 8.23. The van der Waals surface area contributed by atoms with Crippen LogP contribution in [0, 0.1) is 0 Å².